The first kappa shape index (κ1) is 11.6. The second-order valence-electron chi connectivity index (χ2n) is 4.00. The third-order valence-electron chi connectivity index (χ3n) is 2.81. The van der Waals surface area contributed by atoms with Crippen LogP contribution in [0.25, 0.3) is 0 Å². The first-order valence-corrected chi connectivity index (χ1v) is 6.64. The topological polar surface area (TPSA) is 35.5 Å². The van der Waals surface area contributed by atoms with Crippen LogP contribution in [-0.4, -0.2) is 19.0 Å². The fraction of sp³-hybridized carbons (Fsp3) is 0.214. The molecule has 2 aromatic rings. The van der Waals surface area contributed by atoms with Crippen LogP contribution in [0.4, 0.5) is 0 Å². The van der Waals surface area contributed by atoms with E-state index in [1.807, 2.05) is 41.8 Å². The average Bonchev–Trinajstić information content (AvgIpc) is 3.11. The Hall–Kier alpha value is -1.49. The summed E-state index contributed by atoms with van der Waals surface area (Å²) in [6.07, 6.45) is -0.282. The van der Waals surface area contributed by atoms with Crippen LogP contribution in [0.2, 0.25) is 0 Å². The first-order chi connectivity index (χ1) is 8.84. The molecule has 92 valence electrons. The number of ketones is 1. The van der Waals surface area contributed by atoms with Gasteiger partial charge in [0.05, 0.1) is 18.1 Å². The molecule has 3 nitrogen and oxygen atoms in total. The molecule has 0 radical (unpaired) electrons. The van der Waals surface area contributed by atoms with Crippen molar-refractivity contribution in [3.8, 4) is 0 Å². The molecule has 1 aromatic carbocycles. The number of thiophene rings is 1. The Morgan fingerprint density at radius 2 is 1.83 bits per heavy atom. The molecule has 3 rings (SSSR count). The molecule has 0 atom stereocenters. The van der Waals surface area contributed by atoms with Gasteiger partial charge in [-0.3, -0.25) is 4.79 Å². The lowest BCUT2D eigenvalue weighted by Crippen LogP contribution is -2.01. The molecular formula is C14H12O3S. The smallest absolute Gasteiger partial charge is 0.202 e. The summed E-state index contributed by atoms with van der Waals surface area (Å²) < 4.78 is 10.8. The molecule has 2 heterocycles. The monoisotopic (exact) mass is 260 g/mol. The van der Waals surface area contributed by atoms with Gasteiger partial charge in [0.15, 0.2) is 6.29 Å². The van der Waals surface area contributed by atoms with Crippen LogP contribution >= 0.6 is 11.3 Å². The number of carbonyl (C=O) groups excluding carboxylic acids is 1. The lowest BCUT2D eigenvalue weighted by Gasteiger charge is -2.09. The van der Waals surface area contributed by atoms with Gasteiger partial charge in [0.25, 0.3) is 0 Å². The summed E-state index contributed by atoms with van der Waals surface area (Å²) in [4.78, 5) is 12.8. The SMILES string of the molecule is O=C(c1ccc(C2OCCO2)cc1)c1cccs1. The van der Waals surface area contributed by atoms with Crippen LogP contribution in [0, 0.1) is 0 Å². The van der Waals surface area contributed by atoms with Gasteiger partial charge in [-0.1, -0.05) is 30.3 Å². The molecular weight excluding hydrogens is 248 g/mol. The summed E-state index contributed by atoms with van der Waals surface area (Å²) in [5.74, 6) is 0.0600. The van der Waals surface area contributed by atoms with E-state index in [1.165, 1.54) is 11.3 Å². The number of carbonyl (C=O) groups is 1. The molecule has 0 spiro atoms. The number of rotatable bonds is 3. The lowest BCUT2D eigenvalue weighted by molar-refractivity contribution is -0.0441. The Morgan fingerprint density at radius 1 is 1.11 bits per heavy atom. The van der Waals surface area contributed by atoms with Gasteiger partial charge in [0.2, 0.25) is 5.78 Å². The molecule has 1 aromatic heterocycles. The average molecular weight is 260 g/mol. The summed E-state index contributed by atoms with van der Waals surface area (Å²) in [6, 6.07) is 11.1. The zero-order valence-electron chi connectivity index (χ0n) is 9.67. The lowest BCUT2D eigenvalue weighted by atomic mass is 10.1. The zero-order chi connectivity index (χ0) is 12.4. The highest BCUT2D eigenvalue weighted by Crippen LogP contribution is 2.24. The van der Waals surface area contributed by atoms with Crippen LogP contribution in [0.5, 0.6) is 0 Å². The zero-order valence-corrected chi connectivity index (χ0v) is 10.5. The summed E-state index contributed by atoms with van der Waals surface area (Å²) in [5.41, 5.74) is 1.65. The van der Waals surface area contributed by atoms with Gasteiger partial charge < -0.3 is 9.47 Å². The first-order valence-electron chi connectivity index (χ1n) is 5.76. The normalized spacial score (nSPS) is 16.0. The predicted molar refractivity (Wildman–Crippen MR) is 68.8 cm³/mol. The van der Waals surface area contributed by atoms with E-state index >= 15 is 0 Å². The van der Waals surface area contributed by atoms with Crippen molar-refractivity contribution in [1.29, 1.82) is 0 Å². The summed E-state index contributed by atoms with van der Waals surface area (Å²) in [5, 5.41) is 1.90. The van der Waals surface area contributed by atoms with E-state index in [4.69, 9.17) is 9.47 Å². The van der Waals surface area contributed by atoms with Crippen LogP contribution < -0.4 is 0 Å². The second-order valence-corrected chi connectivity index (χ2v) is 4.95. The van der Waals surface area contributed by atoms with Gasteiger partial charge in [-0.2, -0.15) is 0 Å². The highest BCUT2D eigenvalue weighted by Gasteiger charge is 2.18. The largest absolute Gasteiger partial charge is 0.346 e. The molecule has 0 amide bonds. The van der Waals surface area contributed by atoms with Crippen molar-refractivity contribution in [2.75, 3.05) is 13.2 Å². The van der Waals surface area contributed by atoms with Crippen molar-refractivity contribution < 1.29 is 14.3 Å². The predicted octanol–water partition coefficient (Wildman–Crippen LogP) is 3.02. The molecule has 4 heteroatoms. The molecule has 1 saturated heterocycles. The van der Waals surface area contributed by atoms with Crippen LogP contribution in [0.15, 0.2) is 41.8 Å². The highest BCUT2D eigenvalue weighted by atomic mass is 32.1. The Labute approximate surface area is 109 Å². The van der Waals surface area contributed by atoms with E-state index in [1.54, 1.807) is 0 Å². The van der Waals surface area contributed by atoms with Crippen molar-refractivity contribution in [3.63, 3.8) is 0 Å². The maximum absolute atomic E-state index is 12.1. The van der Waals surface area contributed by atoms with Gasteiger partial charge in [-0.25, -0.2) is 0 Å². The Balaban J connectivity index is 1.80. The minimum Gasteiger partial charge on any atom is -0.346 e. The van der Waals surface area contributed by atoms with Crippen LogP contribution in [-0.2, 0) is 9.47 Å². The fourth-order valence-electron chi connectivity index (χ4n) is 1.89. The highest BCUT2D eigenvalue weighted by molar-refractivity contribution is 7.12. The minimum atomic E-state index is -0.282. The molecule has 0 aliphatic carbocycles. The van der Waals surface area contributed by atoms with Crippen molar-refractivity contribution in [3.05, 3.63) is 57.8 Å². The van der Waals surface area contributed by atoms with Crippen molar-refractivity contribution in [1.82, 2.24) is 0 Å². The van der Waals surface area contributed by atoms with Crippen LogP contribution in [0.3, 0.4) is 0 Å². The third kappa shape index (κ3) is 2.22. The fourth-order valence-corrected chi connectivity index (χ4v) is 2.58. The second kappa shape index (κ2) is 5.02. The molecule has 0 unspecified atom stereocenters. The Morgan fingerprint density at radius 3 is 2.44 bits per heavy atom. The summed E-state index contributed by atoms with van der Waals surface area (Å²) >= 11 is 1.46. The van der Waals surface area contributed by atoms with E-state index in [9.17, 15) is 4.79 Å². The maximum atomic E-state index is 12.1. The third-order valence-corrected chi connectivity index (χ3v) is 3.68. The van der Waals surface area contributed by atoms with Crippen molar-refractivity contribution in [2.24, 2.45) is 0 Å². The molecule has 0 bridgehead atoms. The molecule has 18 heavy (non-hydrogen) atoms. The number of hydrogen-bond acceptors (Lipinski definition) is 4. The van der Waals surface area contributed by atoms with E-state index in [2.05, 4.69) is 0 Å². The number of benzene rings is 1. The molecule has 1 aliphatic heterocycles. The standard InChI is InChI=1S/C14H12O3S/c15-13(12-2-1-9-18-12)10-3-5-11(6-4-10)14-16-7-8-17-14/h1-6,9,14H,7-8H2. The minimum absolute atomic E-state index is 0.0600. The van der Waals surface area contributed by atoms with Gasteiger partial charge in [0, 0.05) is 11.1 Å². The quantitative estimate of drug-likeness (QED) is 0.796. The van der Waals surface area contributed by atoms with Crippen molar-refractivity contribution in [2.45, 2.75) is 6.29 Å². The number of ether oxygens (including phenoxy) is 2. The van der Waals surface area contributed by atoms with Crippen LogP contribution in [0.1, 0.15) is 27.1 Å². The molecule has 1 fully saturated rings. The Bertz CT molecular complexity index is 525. The summed E-state index contributed by atoms with van der Waals surface area (Å²) in [7, 11) is 0. The van der Waals surface area contributed by atoms with E-state index in [0.29, 0.717) is 18.8 Å². The van der Waals surface area contributed by atoms with Crippen molar-refractivity contribution >= 4 is 17.1 Å². The molecule has 1 aliphatic rings. The van der Waals surface area contributed by atoms with E-state index in [-0.39, 0.29) is 12.1 Å². The summed E-state index contributed by atoms with van der Waals surface area (Å²) in [6.45, 7) is 1.25. The number of hydrogen-bond donors (Lipinski definition) is 0. The van der Waals surface area contributed by atoms with Gasteiger partial charge in [-0.05, 0) is 11.4 Å². The molecule has 0 N–H and O–H groups in total. The molecule has 0 saturated carbocycles. The Kier molecular flexibility index (Phi) is 3.23. The van der Waals surface area contributed by atoms with Gasteiger partial charge in [0.1, 0.15) is 0 Å². The van der Waals surface area contributed by atoms with Gasteiger partial charge in [-0.15, -0.1) is 11.3 Å². The van der Waals surface area contributed by atoms with E-state index in [0.717, 1.165) is 10.4 Å². The van der Waals surface area contributed by atoms with Gasteiger partial charge >= 0.3 is 0 Å². The maximum Gasteiger partial charge on any atom is 0.202 e. The van der Waals surface area contributed by atoms with E-state index < -0.39 is 0 Å².